The van der Waals surface area contributed by atoms with Gasteiger partial charge < -0.3 is 0 Å². The van der Waals surface area contributed by atoms with Crippen LogP contribution in [0.3, 0.4) is 0 Å². The van der Waals surface area contributed by atoms with Crippen molar-refractivity contribution in [3.8, 4) is 0 Å². The second-order valence-corrected chi connectivity index (χ2v) is 6.48. The van der Waals surface area contributed by atoms with Crippen molar-refractivity contribution in [2.45, 2.75) is 32.7 Å². The van der Waals surface area contributed by atoms with Crippen molar-refractivity contribution in [1.82, 2.24) is 0 Å². The van der Waals surface area contributed by atoms with Gasteiger partial charge in [-0.15, -0.1) is 0 Å². The lowest BCUT2D eigenvalue weighted by Gasteiger charge is -2.17. The number of rotatable bonds is 1. The summed E-state index contributed by atoms with van der Waals surface area (Å²) in [6.45, 7) is 9.06. The van der Waals surface area contributed by atoms with Crippen LogP contribution in [0.4, 0.5) is 0 Å². The summed E-state index contributed by atoms with van der Waals surface area (Å²) in [5.74, 6) is 0. The lowest BCUT2D eigenvalue weighted by Crippen LogP contribution is -2.25. The van der Waals surface area contributed by atoms with E-state index in [2.05, 4.69) is 52.0 Å². The minimum absolute atomic E-state index is 0.423. The first-order valence-corrected chi connectivity index (χ1v) is 5.33. The van der Waals surface area contributed by atoms with Crippen LogP contribution in [0.25, 0.3) is 0 Å². The number of hydrogen-bond donors (Lipinski definition) is 0. The topological polar surface area (TPSA) is 0 Å². The molecule has 64 valence electrons. The van der Waals surface area contributed by atoms with Gasteiger partial charge >= 0.3 is 0 Å². The zero-order chi connectivity index (χ0) is 9.19. The van der Waals surface area contributed by atoms with Gasteiger partial charge in [0.15, 0.2) is 0 Å². The van der Waals surface area contributed by atoms with Crippen molar-refractivity contribution in [2.24, 2.45) is 0 Å². The molecule has 0 atom stereocenters. The Morgan fingerprint density at radius 3 is 2.17 bits per heavy atom. The molecule has 1 aromatic rings. The fourth-order valence-corrected chi connectivity index (χ4v) is 2.39. The third-order valence-corrected chi connectivity index (χ3v) is 3.24. The van der Waals surface area contributed by atoms with Gasteiger partial charge in [0, 0.05) is 0 Å². The molecule has 1 heteroatoms. The predicted octanol–water partition coefficient (Wildman–Crippen LogP) is 2.54. The standard InChI is InChI=1S/C11H16Si/c1-9-7-5-6-8-10(9)12-11(2,3)4/h5-8H,1-4H3. The van der Waals surface area contributed by atoms with E-state index in [4.69, 9.17) is 0 Å². The Hall–Kier alpha value is -0.563. The average molecular weight is 176 g/mol. The second kappa shape index (κ2) is 3.44. The third kappa shape index (κ3) is 2.82. The van der Waals surface area contributed by atoms with E-state index in [9.17, 15) is 0 Å². The van der Waals surface area contributed by atoms with E-state index >= 15 is 0 Å². The van der Waals surface area contributed by atoms with E-state index in [1.807, 2.05) is 0 Å². The summed E-state index contributed by atoms with van der Waals surface area (Å²) in [7, 11) is 0.913. The fraction of sp³-hybridized carbons (Fsp3) is 0.455. The van der Waals surface area contributed by atoms with Gasteiger partial charge in [-0.25, -0.2) is 0 Å². The molecule has 0 unspecified atom stereocenters. The Bertz CT molecular complexity index is 258. The maximum Gasteiger partial charge on any atom is 0.0872 e. The van der Waals surface area contributed by atoms with Gasteiger partial charge in [-0.2, -0.15) is 0 Å². The lowest BCUT2D eigenvalue weighted by atomic mass is 10.2. The molecule has 0 fully saturated rings. The molecule has 1 aromatic carbocycles. The molecule has 0 bridgehead atoms. The second-order valence-electron chi connectivity index (χ2n) is 4.19. The minimum Gasteiger partial charge on any atom is -0.0633 e. The summed E-state index contributed by atoms with van der Waals surface area (Å²) in [6.07, 6.45) is 0. The van der Waals surface area contributed by atoms with Crippen molar-refractivity contribution in [3.63, 3.8) is 0 Å². The van der Waals surface area contributed by atoms with Crippen LogP contribution in [0.15, 0.2) is 24.3 Å². The normalized spacial score (nSPS) is 11.7. The summed E-state index contributed by atoms with van der Waals surface area (Å²) in [4.78, 5) is 0. The van der Waals surface area contributed by atoms with E-state index in [-0.39, 0.29) is 0 Å². The van der Waals surface area contributed by atoms with Crippen LogP contribution in [0.5, 0.6) is 0 Å². The van der Waals surface area contributed by atoms with Gasteiger partial charge in [-0.05, 0) is 12.0 Å². The monoisotopic (exact) mass is 176 g/mol. The minimum atomic E-state index is 0.423. The van der Waals surface area contributed by atoms with Gasteiger partial charge in [-0.3, -0.25) is 0 Å². The molecule has 0 aliphatic rings. The lowest BCUT2D eigenvalue weighted by molar-refractivity contribution is 0.759. The average Bonchev–Trinajstić information content (AvgIpc) is 1.91. The zero-order valence-corrected chi connectivity index (χ0v) is 9.31. The molecule has 0 N–H and O–H groups in total. The van der Waals surface area contributed by atoms with Crippen molar-refractivity contribution < 1.29 is 0 Å². The highest BCUT2D eigenvalue weighted by atomic mass is 28.2. The molecular weight excluding hydrogens is 160 g/mol. The molecule has 2 radical (unpaired) electrons. The fourth-order valence-electron chi connectivity index (χ4n) is 1.12. The molecule has 0 aliphatic carbocycles. The Labute approximate surface area is 77.8 Å². The van der Waals surface area contributed by atoms with Crippen LogP contribution in [-0.4, -0.2) is 9.52 Å². The summed E-state index contributed by atoms with van der Waals surface area (Å²) in [5.41, 5.74) is 1.42. The van der Waals surface area contributed by atoms with Crippen LogP contribution in [0.2, 0.25) is 5.04 Å². The Morgan fingerprint density at radius 1 is 1.08 bits per heavy atom. The smallest absolute Gasteiger partial charge is 0.0633 e. The third-order valence-electron chi connectivity index (χ3n) is 1.65. The number of aryl methyl sites for hydroxylation is 1. The Kier molecular flexibility index (Phi) is 2.73. The van der Waals surface area contributed by atoms with E-state index in [0.29, 0.717) is 5.04 Å². The maximum absolute atomic E-state index is 2.29. The van der Waals surface area contributed by atoms with Gasteiger partial charge in [0.1, 0.15) is 0 Å². The molecule has 0 heterocycles. The first-order chi connectivity index (χ1) is 5.49. The maximum atomic E-state index is 2.29. The van der Waals surface area contributed by atoms with Gasteiger partial charge in [0.25, 0.3) is 0 Å². The molecule has 0 saturated carbocycles. The highest BCUT2D eigenvalue weighted by molar-refractivity contribution is 6.57. The summed E-state index contributed by atoms with van der Waals surface area (Å²) in [6, 6.07) is 8.65. The molecule has 0 spiro atoms. The highest BCUT2D eigenvalue weighted by Gasteiger charge is 2.13. The molecule has 0 amide bonds. The van der Waals surface area contributed by atoms with Crippen LogP contribution < -0.4 is 5.19 Å². The molecule has 0 nitrogen and oxygen atoms in total. The number of benzene rings is 1. The van der Waals surface area contributed by atoms with Crippen LogP contribution in [0.1, 0.15) is 26.3 Å². The first-order valence-electron chi connectivity index (χ1n) is 4.33. The SMILES string of the molecule is Cc1ccccc1[Si]C(C)(C)C. The van der Waals surface area contributed by atoms with Gasteiger partial charge in [-0.1, -0.05) is 55.8 Å². The zero-order valence-electron chi connectivity index (χ0n) is 8.31. The largest absolute Gasteiger partial charge is 0.0872 e. The summed E-state index contributed by atoms with van der Waals surface area (Å²) < 4.78 is 0. The molecule has 0 aromatic heterocycles. The predicted molar refractivity (Wildman–Crippen MR) is 56.3 cm³/mol. The Morgan fingerprint density at radius 2 is 1.67 bits per heavy atom. The molecule has 1 rings (SSSR count). The Balaban J connectivity index is 2.83. The highest BCUT2D eigenvalue weighted by Crippen LogP contribution is 2.19. The number of hydrogen-bond acceptors (Lipinski definition) is 0. The quantitative estimate of drug-likeness (QED) is 0.577. The first kappa shape index (κ1) is 9.52. The molecule has 0 aliphatic heterocycles. The van der Waals surface area contributed by atoms with Crippen molar-refractivity contribution in [2.75, 3.05) is 0 Å². The molecule has 0 saturated heterocycles. The van der Waals surface area contributed by atoms with Crippen molar-refractivity contribution >= 4 is 14.7 Å². The summed E-state index contributed by atoms with van der Waals surface area (Å²) >= 11 is 0. The van der Waals surface area contributed by atoms with E-state index in [0.717, 1.165) is 9.52 Å². The van der Waals surface area contributed by atoms with Crippen LogP contribution in [-0.2, 0) is 0 Å². The molecule has 12 heavy (non-hydrogen) atoms. The van der Waals surface area contributed by atoms with Crippen molar-refractivity contribution in [1.29, 1.82) is 0 Å². The van der Waals surface area contributed by atoms with Gasteiger partial charge in [0.05, 0.1) is 9.52 Å². The van der Waals surface area contributed by atoms with Crippen molar-refractivity contribution in [3.05, 3.63) is 29.8 Å². The molecular formula is C11H16Si. The van der Waals surface area contributed by atoms with Crippen LogP contribution >= 0.6 is 0 Å². The van der Waals surface area contributed by atoms with E-state index < -0.39 is 0 Å². The van der Waals surface area contributed by atoms with Gasteiger partial charge in [0.2, 0.25) is 0 Å². The summed E-state index contributed by atoms with van der Waals surface area (Å²) in [5, 5.41) is 1.93. The van der Waals surface area contributed by atoms with E-state index in [1.54, 1.807) is 0 Å². The van der Waals surface area contributed by atoms with E-state index in [1.165, 1.54) is 10.8 Å². The van der Waals surface area contributed by atoms with Crippen LogP contribution in [0, 0.1) is 6.92 Å².